The van der Waals surface area contributed by atoms with Crippen molar-refractivity contribution < 1.29 is 9.53 Å². The fourth-order valence-electron chi connectivity index (χ4n) is 2.49. The van der Waals surface area contributed by atoms with Crippen molar-refractivity contribution in [3.8, 4) is 0 Å². The summed E-state index contributed by atoms with van der Waals surface area (Å²) in [6.07, 6.45) is 3.97. The first-order valence-corrected chi connectivity index (χ1v) is 6.18. The van der Waals surface area contributed by atoms with Crippen molar-refractivity contribution in [2.24, 2.45) is 0 Å². The minimum absolute atomic E-state index is 0.0538. The van der Waals surface area contributed by atoms with E-state index in [1.54, 1.807) is 0 Å². The van der Waals surface area contributed by atoms with E-state index in [0.29, 0.717) is 17.5 Å². The van der Waals surface area contributed by atoms with Crippen molar-refractivity contribution in [1.29, 1.82) is 0 Å². The van der Waals surface area contributed by atoms with Crippen molar-refractivity contribution >= 4 is 21.9 Å². The molecule has 1 N–H and O–H groups in total. The molecule has 0 aromatic rings. The second-order valence-corrected chi connectivity index (χ2v) is 5.32. The largest absolute Gasteiger partial charge is 0.465 e. The number of esters is 1. The minimum atomic E-state index is -0.356. The van der Waals surface area contributed by atoms with Crippen LogP contribution in [0.15, 0.2) is 0 Å². The van der Waals surface area contributed by atoms with Gasteiger partial charge in [-0.15, -0.1) is 0 Å². The minimum Gasteiger partial charge on any atom is -0.465 e. The Morgan fingerprint density at radius 1 is 1.57 bits per heavy atom. The number of piperidine rings is 1. The third-order valence-electron chi connectivity index (χ3n) is 3.29. The Hall–Kier alpha value is -0.0900. The van der Waals surface area contributed by atoms with Crippen LogP contribution < -0.4 is 5.32 Å². The van der Waals surface area contributed by atoms with Crippen molar-refractivity contribution in [3.05, 3.63) is 0 Å². The van der Waals surface area contributed by atoms with Gasteiger partial charge >= 0.3 is 5.97 Å². The van der Waals surface area contributed by atoms with E-state index < -0.39 is 0 Å². The maximum Gasteiger partial charge on any atom is 0.326 e. The van der Waals surface area contributed by atoms with Gasteiger partial charge in [0, 0.05) is 10.9 Å². The van der Waals surface area contributed by atoms with E-state index in [1.807, 2.05) is 6.92 Å². The molecule has 2 rings (SSSR count). The van der Waals surface area contributed by atoms with E-state index in [4.69, 9.17) is 4.74 Å². The highest BCUT2D eigenvalue weighted by Gasteiger charge is 2.50. The Bertz CT molecular complexity index is 246. The van der Waals surface area contributed by atoms with Crippen LogP contribution in [0.5, 0.6) is 0 Å². The number of carbonyl (C=O) groups is 1. The number of carbonyl (C=O) groups excluding carboxylic acids is 1. The fraction of sp³-hybridized carbons (Fsp3) is 0.900. The van der Waals surface area contributed by atoms with E-state index in [2.05, 4.69) is 21.2 Å². The smallest absolute Gasteiger partial charge is 0.326 e. The SMILES string of the molecule is CCOC(=O)C12CCC(Br)C(CC1)N2. The summed E-state index contributed by atoms with van der Waals surface area (Å²) < 4.78 is 5.12. The molecule has 3 nitrogen and oxygen atoms in total. The molecular formula is C10H16BrNO2. The summed E-state index contributed by atoms with van der Waals surface area (Å²) in [7, 11) is 0. The van der Waals surface area contributed by atoms with Gasteiger partial charge in [-0.1, -0.05) is 15.9 Å². The molecule has 0 aromatic heterocycles. The van der Waals surface area contributed by atoms with E-state index in [1.165, 1.54) is 0 Å². The molecule has 4 heteroatoms. The van der Waals surface area contributed by atoms with E-state index in [9.17, 15) is 4.79 Å². The Morgan fingerprint density at radius 3 is 3.00 bits per heavy atom. The van der Waals surface area contributed by atoms with Gasteiger partial charge in [0.1, 0.15) is 5.54 Å². The predicted octanol–water partition coefficient (Wildman–Crippen LogP) is 1.60. The molecule has 2 saturated heterocycles. The quantitative estimate of drug-likeness (QED) is 0.606. The fourth-order valence-corrected chi connectivity index (χ4v) is 3.11. The molecule has 3 unspecified atom stereocenters. The van der Waals surface area contributed by atoms with Crippen LogP contribution in [0, 0.1) is 0 Å². The number of ether oxygens (including phenoxy) is 1. The Labute approximate surface area is 92.7 Å². The average molecular weight is 262 g/mol. The van der Waals surface area contributed by atoms with Crippen molar-refractivity contribution in [3.63, 3.8) is 0 Å². The van der Waals surface area contributed by atoms with Crippen LogP contribution in [-0.4, -0.2) is 29.0 Å². The molecule has 0 saturated carbocycles. The second-order valence-electron chi connectivity index (χ2n) is 4.15. The van der Waals surface area contributed by atoms with Crippen LogP contribution >= 0.6 is 15.9 Å². The lowest BCUT2D eigenvalue weighted by molar-refractivity contribution is -0.151. The van der Waals surface area contributed by atoms with Gasteiger partial charge < -0.3 is 4.74 Å². The molecule has 0 spiro atoms. The van der Waals surface area contributed by atoms with Crippen LogP contribution in [0.4, 0.5) is 0 Å². The van der Waals surface area contributed by atoms with Gasteiger partial charge in [0.2, 0.25) is 0 Å². The number of rotatable bonds is 2. The van der Waals surface area contributed by atoms with Gasteiger partial charge in [0.05, 0.1) is 6.61 Å². The number of hydrogen-bond acceptors (Lipinski definition) is 3. The number of hydrogen-bond donors (Lipinski definition) is 1. The van der Waals surface area contributed by atoms with Crippen molar-refractivity contribution in [1.82, 2.24) is 5.32 Å². The molecule has 0 radical (unpaired) electrons. The first kappa shape index (κ1) is 10.4. The Kier molecular flexibility index (Phi) is 2.84. The lowest BCUT2D eigenvalue weighted by Crippen LogP contribution is -2.56. The third kappa shape index (κ3) is 1.58. The third-order valence-corrected chi connectivity index (χ3v) is 4.39. The molecule has 0 amide bonds. The maximum absolute atomic E-state index is 11.8. The lowest BCUT2D eigenvalue weighted by Gasteiger charge is -2.34. The standard InChI is InChI=1S/C10H16BrNO2/c1-2-14-9(13)10-5-3-7(11)8(12-10)4-6-10/h7-8,12H,2-6H2,1H3. The van der Waals surface area contributed by atoms with Gasteiger partial charge in [-0.05, 0) is 32.6 Å². The number of nitrogens with one attached hydrogen (secondary N) is 1. The highest BCUT2D eigenvalue weighted by molar-refractivity contribution is 9.09. The van der Waals surface area contributed by atoms with Crippen molar-refractivity contribution in [2.45, 2.75) is 49.0 Å². The first-order chi connectivity index (χ1) is 6.68. The lowest BCUT2D eigenvalue weighted by atomic mass is 9.91. The van der Waals surface area contributed by atoms with E-state index in [0.717, 1.165) is 25.7 Å². The first-order valence-electron chi connectivity index (χ1n) is 5.27. The molecule has 14 heavy (non-hydrogen) atoms. The van der Waals surface area contributed by atoms with E-state index in [-0.39, 0.29) is 11.5 Å². The summed E-state index contributed by atoms with van der Waals surface area (Å²) in [5.41, 5.74) is -0.356. The predicted molar refractivity (Wildman–Crippen MR) is 57.5 cm³/mol. The Morgan fingerprint density at radius 2 is 2.29 bits per heavy atom. The zero-order valence-electron chi connectivity index (χ0n) is 8.38. The Balaban J connectivity index is 2.08. The van der Waals surface area contributed by atoms with E-state index >= 15 is 0 Å². The summed E-state index contributed by atoms with van der Waals surface area (Å²) in [4.78, 5) is 12.3. The highest BCUT2D eigenvalue weighted by Crippen LogP contribution is 2.39. The van der Waals surface area contributed by atoms with Crippen LogP contribution in [-0.2, 0) is 9.53 Å². The molecule has 2 heterocycles. The topological polar surface area (TPSA) is 38.3 Å². The van der Waals surface area contributed by atoms with Crippen LogP contribution in [0.2, 0.25) is 0 Å². The van der Waals surface area contributed by atoms with Gasteiger partial charge in [0.25, 0.3) is 0 Å². The molecular weight excluding hydrogens is 246 g/mol. The van der Waals surface area contributed by atoms with Crippen LogP contribution in [0.25, 0.3) is 0 Å². The normalized spacial score (nSPS) is 41.0. The molecule has 0 aliphatic carbocycles. The molecule has 3 atom stereocenters. The summed E-state index contributed by atoms with van der Waals surface area (Å²) in [6.45, 7) is 2.34. The molecule has 2 fully saturated rings. The van der Waals surface area contributed by atoms with Gasteiger partial charge in [-0.2, -0.15) is 0 Å². The van der Waals surface area contributed by atoms with Crippen LogP contribution in [0.3, 0.4) is 0 Å². The maximum atomic E-state index is 11.8. The highest BCUT2D eigenvalue weighted by atomic mass is 79.9. The summed E-state index contributed by atoms with van der Waals surface area (Å²) >= 11 is 3.64. The van der Waals surface area contributed by atoms with Gasteiger partial charge in [-0.25, -0.2) is 0 Å². The molecule has 80 valence electrons. The summed E-state index contributed by atoms with van der Waals surface area (Å²) in [5, 5.41) is 3.42. The van der Waals surface area contributed by atoms with Crippen LogP contribution in [0.1, 0.15) is 32.6 Å². The summed E-state index contributed by atoms with van der Waals surface area (Å²) in [6, 6.07) is 0.452. The summed E-state index contributed by atoms with van der Waals surface area (Å²) in [5.74, 6) is -0.0538. The molecule has 2 bridgehead atoms. The van der Waals surface area contributed by atoms with Gasteiger partial charge in [0.15, 0.2) is 0 Å². The van der Waals surface area contributed by atoms with Gasteiger partial charge in [-0.3, -0.25) is 10.1 Å². The second kappa shape index (κ2) is 3.81. The number of alkyl halides is 1. The molecule has 2 aliphatic rings. The molecule has 0 aromatic carbocycles. The zero-order chi connectivity index (χ0) is 10.2. The van der Waals surface area contributed by atoms with Crippen molar-refractivity contribution in [2.75, 3.05) is 6.61 Å². The number of halogens is 1. The molecule has 2 aliphatic heterocycles. The number of fused-ring (bicyclic) bond motifs is 2. The zero-order valence-corrected chi connectivity index (χ0v) is 9.97. The monoisotopic (exact) mass is 261 g/mol. The average Bonchev–Trinajstić information content (AvgIpc) is 2.54.